The van der Waals surface area contributed by atoms with Crippen LogP contribution in [0.15, 0.2) is 12.1 Å². The molecule has 2 aliphatic rings. The minimum absolute atomic E-state index is 0.0620. The van der Waals surface area contributed by atoms with Gasteiger partial charge in [0.15, 0.2) is 6.61 Å². The van der Waals surface area contributed by atoms with Gasteiger partial charge in [0, 0.05) is 19.2 Å². The number of carbonyl (C=O) groups is 1. The minimum atomic E-state index is -0.113. The first-order chi connectivity index (χ1) is 9.67. The van der Waals surface area contributed by atoms with Crippen LogP contribution in [0.3, 0.4) is 0 Å². The monoisotopic (exact) mass is 275 g/mol. The van der Waals surface area contributed by atoms with E-state index in [1.165, 1.54) is 12.8 Å². The van der Waals surface area contributed by atoms with Crippen molar-refractivity contribution in [1.82, 2.24) is 0 Å². The maximum absolute atomic E-state index is 11.4. The summed E-state index contributed by atoms with van der Waals surface area (Å²) in [5.74, 6) is 1.34. The highest BCUT2D eigenvalue weighted by Gasteiger charge is 2.26. The molecule has 20 heavy (non-hydrogen) atoms. The van der Waals surface area contributed by atoms with Crippen LogP contribution in [0, 0.1) is 5.92 Å². The molecule has 3 rings (SSSR count). The van der Waals surface area contributed by atoms with Crippen LogP contribution in [-0.2, 0) is 4.79 Å². The molecule has 1 amide bonds. The topological polar surface area (TPSA) is 67.6 Å². The van der Waals surface area contributed by atoms with Crippen LogP contribution in [0.25, 0.3) is 0 Å². The molecule has 0 radical (unpaired) electrons. The summed E-state index contributed by atoms with van der Waals surface area (Å²) in [5.41, 5.74) is 8.62. The average Bonchev–Trinajstić information content (AvgIpc) is 3.22. The molecule has 5 heteroatoms. The summed E-state index contributed by atoms with van der Waals surface area (Å²) in [5, 5.41) is 2.85. The molecular formula is C15H21N3O2. The van der Waals surface area contributed by atoms with E-state index < -0.39 is 0 Å². The van der Waals surface area contributed by atoms with E-state index in [2.05, 4.69) is 17.1 Å². The van der Waals surface area contributed by atoms with Crippen molar-refractivity contribution in [3.05, 3.63) is 12.1 Å². The van der Waals surface area contributed by atoms with Gasteiger partial charge in [-0.1, -0.05) is 6.92 Å². The van der Waals surface area contributed by atoms with Gasteiger partial charge in [0.2, 0.25) is 0 Å². The Morgan fingerprint density at radius 3 is 2.95 bits per heavy atom. The number of anilines is 3. The zero-order valence-corrected chi connectivity index (χ0v) is 11.8. The summed E-state index contributed by atoms with van der Waals surface area (Å²) in [6, 6.07) is 3.76. The third-order valence-corrected chi connectivity index (χ3v) is 3.77. The summed E-state index contributed by atoms with van der Waals surface area (Å²) in [6.07, 6.45) is 3.70. The molecule has 1 aromatic carbocycles. The maximum atomic E-state index is 11.4. The number of ether oxygens (including phenoxy) is 1. The van der Waals surface area contributed by atoms with E-state index in [0.717, 1.165) is 36.8 Å². The molecular weight excluding hydrogens is 254 g/mol. The smallest absolute Gasteiger partial charge is 0.262 e. The summed E-state index contributed by atoms with van der Waals surface area (Å²) >= 11 is 0. The van der Waals surface area contributed by atoms with Gasteiger partial charge in [-0.3, -0.25) is 4.79 Å². The Morgan fingerprint density at radius 2 is 2.25 bits per heavy atom. The molecule has 108 valence electrons. The predicted octanol–water partition coefficient (Wildman–Crippen LogP) is 2.23. The van der Waals surface area contributed by atoms with Gasteiger partial charge in [-0.2, -0.15) is 0 Å². The first kappa shape index (κ1) is 13.1. The lowest BCUT2D eigenvalue weighted by atomic mass is 10.1. The summed E-state index contributed by atoms with van der Waals surface area (Å²) < 4.78 is 5.39. The van der Waals surface area contributed by atoms with Gasteiger partial charge in [0.1, 0.15) is 5.75 Å². The number of nitrogen functional groups attached to an aromatic ring is 1. The second-order valence-corrected chi connectivity index (χ2v) is 5.63. The van der Waals surface area contributed by atoms with Crippen molar-refractivity contribution in [3.8, 4) is 5.75 Å². The summed E-state index contributed by atoms with van der Waals surface area (Å²) in [7, 11) is 0. The van der Waals surface area contributed by atoms with Gasteiger partial charge in [0.25, 0.3) is 5.91 Å². The van der Waals surface area contributed by atoms with Crippen molar-refractivity contribution < 1.29 is 9.53 Å². The van der Waals surface area contributed by atoms with Crippen LogP contribution in [0.5, 0.6) is 5.75 Å². The number of hydrogen-bond donors (Lipinski definition) is 2. The SMILES string of the molecule is CCCN(CC1CC1)c1cc2c(cc1N)OCC(=O)N2. The molecule has 0 bridgehead atoms. The van der Waals surface area contributed by atoms with Crippen molar-refractivity contribution in [2.45, 2.75) is 26.2 Å². The largest absolute Gasteiger partial charge is 0.482 e. The van der Waals surface area contributed by atoms with Crippen molar-refractivity contribution in [3.63, 3.8) is 0 Å². The number of rotatable bonds is 5. The van der Waals surface area contributed by atoms with Crippen LogP contribution in [-0.4, -0.2) is 25.6 Å². The Morgan fingerprint density at radius 1 is 1.45 bits per heavy atom. The summed E-state index contributed by atoms with van der Waals surface area (Å²) in [4.78, 5) is 13.8. The van der Waals surface area contributed by atoms with Gasteiger partial charge in [-0.05, 0) is 31.2 Å². The zero-order chi connectivity index (χ0) is 14.1. The highest BCUT2D eigenvalue weighted by molar-refractivity contribution is 5.97. The fourth-order valence-corrected chi connectivity index (χ4v) is 2.60. The second-order valence-electron chi connectivity index (χ2n) is 5.63. The van der Waals surface area contributed by atoms with Crippen molar-refractivity contribution in [1.29, 1.82) is 0 Å². The van der Waals surface area contributed by atoms with Crippen LogP contribution < -0.4 is 20.7 Å². The van der Waals surface area contributed by atoms with Gasteiger partial charge < -0.3 is 20.7 Å². The number of nitrogens with one attached hydrogen (secondary N) is 1. The van der Waals surface area contributed by atoms with Gasteiger partial charge in [-0.25, -0.2) is 0 Å². The lowest BCUT2D eigenvalue weighted by Gasteiger charge is -2.28. The lowest BCUT2D eigenvalue weighted by molar-refractivity contribution is -0.118. The highest BCUT2D eigenvalue weighted by Crippen LogP contribution is 2.39. The molecule has 0 spiro atoms. The Kier molecular flexibility index (Phi) is 3.42. The third-order valence-electron chi connectivity index (χ3n) is 3.77. The van der Waals surface area contributed by atoms with Crippen LogP contribution >= 0.6 is 0 Å². The third kappa shape index (κ3) is 2.66. The predicted molar refractivity (Wildman–Crippen MR) is 80.2 cm³/mol. The zero-order valence-electron chi connectivity index (χ0n) is 11.8. The van der Waals surface area contributed by atoms with Crippen LogP contribution in [0.4, 0.5) is 17.1 Å². The molecule has 1 fully saturated rings. The van der Waals surface area contributed by atoms with E-state index in [9.17, 15) is 4.79 Å². The number of benzene rings is 1. The van der Waals surface area contributed by atoms with Crippen LogP contribution in [0.1, 0.15) is 26.2 Å². The Balaban J connectivity index is 1.89. The lowest BCUT2D eigenvalue weighted by Crippen LogP contribution is -2.29. The molecule has 0 saturated heterocycles. The fraction of sp³-hybridized carbons (Fsp3) is 0.533. The Labute approximate surface area is 119 Å². The van der Waals surface area contributed by atoms with E-state index in [-0.39, 0.29) is 12.5 Å². The Hall–Kier alpha value is -1.91. The Bertz CT molecular complexity index is 526. The van der Waals surface area contributed by atoms with E-state index in [1.54, 1.807) is 0 Å². The van der Waals surface area contributed by atoms with Crippen LogP contribution in [0.2, 0.25) is 0 Å². The number of nitrogens with two attached hydrogens (primary N) is 1. The number of hydrogen-bond acceptors (Lipinski definition) is 4. The standard InChI is InChI=1S/C15H21N3O2/c1-2-5-18(8-10-3-4-10)13-7-12-14(6-11(13)16)20-9-15(19)17-12/h6-7,10H,2-5,8-9,16H2,1H3,(H,17,19). The minimum Gasteiger partial charge on any atom is -0.482 e. The molecule has 5 nitrogen and oxygen atoms in total. The van der Waals surface area contributed by atoms with Gasteiger partial charge in [-0.15, -0.1) is 0 Å². The van der Waals surface area contributed by atoms with Gasteiger partial charge in [0.05, 0.1) is 17.1 Å². The van der Waals surface area contributed by atoms with Gasteiger partial charge >= 0.3 is 0 Å². The number of amides is 1. The molecule has 1 aromatic rings. The molecule has 1 saturated carbocycles. The second kappa shape index (κ2) is 5.23. The summed E-state index contributed by atoms with van der Waals surface area (Å²) in [6.45, 7) is 4.26. The molecule has 1 aliphatic carbocycles. The molecule has 0 aromatic heterocycles. The number of nitrogens with zero attached hydrogens (tertiary/aromatic N) is 1. The maximum Gasteiger partial charge on any atom is 0.262 e. The molecule has 0 unspecified atom stereocenters. The quantitative estimate of drug-likeness (QED) is 0.809. The molecule has 1 heterocycles. The van der Waals surface area contributed by atoms with E-state index in [0.29, 0.717) is 11.4 Å². The first-order valence-electron chi connectivity index (χ1n) is 7.28. The van der Waals surface area contributed by atoms with E-state index in [1.807, 2.05) is 12.1 Å². The normalized spacial score (nSPS) is 17.1. The van der Waals surface area contributed by atoms with E-state index in [4.69, 9.17) is 10.5 Å². The molecule has 3 N–H and O–H groups in total. The molecule has 0 atom stereocenters. The number of fused-ring (bicyclic) bond motifs is 1. The molecule has 1 aliphatic heterocycles. The fourth-order valence-electron chi connectivity index (χ4n) is 2.60. The van der Waals surface area contributed by atoms with Crippen molar-refractivity contribution in [2.24, 2.45) is 5.92 Å². The average molecular weight is 275 g/mol. The van der Waals surface area contributed by atoms with Crippen molar-refractivity contribution >= 4 is 23.0 Å². The van der Waals surface area contributed by atoms with Crippen molar-refractivity contribution in [2.75, 3.05) is 35.6 Å². The first-order valence-corrected chi connectivity index (χ1v) is 7.28. The van der Waals surface area contributed by atoms with E-state index >= 15 is 0 Å². The number of carbonyl (C=O) groups excluding carboxylic acids is 1. The highest BCUT2D eigenvalue weighted by atomic mass is 16.5.